The Bertz CT molecular complexity index is 371. The van der Waals surface area contributed by atoms with Crippen LogP contribution in [-0.4, -0.2) is 21.0 Å². The molecule has 2 bridgehead atoms. The lowest BCUT2D eigenvalue weighted by Crippen LogP contribution is -2.72. The molecule has 3 fully saturated rings. The molecule has 3 aliphatic carbocycles. The van der Waals surface area contributed by atoms with Gasteiger partial charge in [-0.25, -0.2) is 0 Å². The number of halogens is 3. The third-order valence-corrected chi connectivity index (χ3v) is 8.66. The van der Waals surface area contributed by atoms with Crippen LogP contribution >= 0.6 is 47.8 Å². The fraction of sp³-hybridized carbons (Fsp3) is 0.923. The van der Waals surface area contributed by atoms with Crippen LogP contribution < -0.4 is 5.32 Å². The van der Waals surface area contributed by atoms with Gasteiger partial charge >= 0.3 is 0 Å². The van der Waals surface area contributed by atoms with Crippen molar-refractivity contribution in [2.24, 2.45) is 16.2 Å². The maximum atomic E-state index is 12.6. The first-order valence-corrected chi connectivity index (χ1v) is 9.24. The summed E-state index contributed by atoms with van der Waals surface area (Å²) >= 11 is 11.2. The Labute approximate surface area is 134 Å². The van der Waals surface area contributed by atoms with Crippen LogP contribution in [0.15, 0.2) is 0 Å². The van der Waals surface area contributed by atoms with Gasteiger partial charge in [0.25, 0.3) is 0 Å². The fourth-order valence-corrected chi connectivity index (χ4v) is 9.01. The molecule has 0 saturated heterocycles. The topological polar surface area (TPSA) is 29.1 Å². The average molecular weight is 446 g/mol. The molecule has 1 N–H and O–H groups in total. The predicted molar refractivity (Wildman–Crippen MR) is 85.5 cm³/mol. The van der Waals surface area contributed by atoms with Crippen molar-refractivity contribution < 1.29 is 4.79 Å². The van der Waals surface area contributed by atoms with E-state index in [2.05, 4.69) is 73.9 Å². The summed E-state index contributed by atoms with van der Waals surface area (Å²) in [5.41, 5.74) is -0.123. The second-order valence-electron chi connectivity index (χ2n) is 6.06. The minimum atomic E-state index is -0.248. The standard InChI is InChI=1S/C13H20Br3NO/c1-4-7-17-10(18)13-6-5-12(8(13)14,9(15)16)11(13,2)3/h8-9H,4-7H2,1-3H3,(H,17,18)/t8-,12-,13+/m0/s1. The molecule has 18 heavy (non-hydrogen) atoms. The normalized spacial score (nSPS) is 40.7. The molecule has 3 saturated carbocycles. The van der Waals surface area contributed by atoms with Gasteiger partial charge in [0.2, 0.25) is 5.91 Å². The Morgan fingerprint density at radius 3 is 2.39 bits per heavy atom. The number of carbonyl (C=O) groups excluding carboxylic acids is 1. The van der Waals surface area contributed by atoms with Crippen molar-refractivity contribution in [1.82, 2.24) is 5.32 Å². The van der Waals surface area contributed by atoms with Crippen molar-refractivity contribution in [3.63, 3.8) is 0 Å². The van der Waals surface area contributed by atoms with Crippen LogP contribution in [0.4, 0.5) is 0 Å². The van der Waals surface area contributed by atoms with Gasteiger partial charge in [0.15, 0.2) is 0 Å². The first-order chi connectivity index (χ1) is 8.29. The molecule has 3 atom stereocenters. The average Bonchev–Trinajstić information content (AvgIpc) is 2.75. The van der Waals surface area contributed by atoms with Gasteiger partial charge < -0.3 is 5.32 Å². The summed E-state index contributed by atoms with van der Waals surface area (Å²) in [7, 11) is 0. The largest absolute Gasteiger partial charge is 0.356 e. The molecule has 0 heterocycles. The number of rotatable bonds is 4. The summed E-state index contributed by atoms with van der Waals surface area (Å²) in [6, 6.07) is 0. The van der Waals surface area contributed by atoms with Gasteiger partial charge in [-0.05, 0) is 24.7 Å². The summed E-state index contributed by atoms with van der Waals surface area (Å²) in [6.45, 7) is 7.33. The van der Waals surface area contributed by atoms with E-state index in [9.17, 15) is 4.79 Å². The molecule has 0 aromatic rings. The highest BCUT2D eigenvalue weighted by Crippen LogP contribution is 2.82. The van der Waals surface area contributed by atoms with E-state index in [1.54, 1.807) is 0 Å². The molecule has 0 aromatic heterocycles. The van der Waals surface area contributed by atoms with Crippen LogP contribution in [0, 0.1) is 16.2 Å². The minimum absolute atomic E-state index is 0.00363. The summed E-state index contributed by atoms with van der Waals surface area (Å²) in [6.07, 6.45) is 3.04. The van der Waals surface area contributed by atoms with E-state index >= 15 is 0 Å². The molecule has 5 heteroatoms. The lowest BCUT2D eigenvalue weighted by molar-refractivity contribution is -0.161. The second-order valence-corrected chi connectivity index (χ2v) is 10.0. The Balaban J connectivity index is 2.30. The zero-order chi connectivity index (χ0) is 13.8. The molecular formula is C13H20Br3NO. The van der Waals surface area contributed by atoms with Crippen molar-refractivity contribution in [2.45, 2.75) is 48.6 Å². The highest BCUT2D eigenvalue weighted by atomic mass is 79.9. The molecule has 0 aromatic carbocycles. The zero-order valence-corrected chi connectivity index (χ0v) is 15.8. The third kappa shape index (κ3) is 1.47. The predicted octanol–water partition coefficient (Wildman–Crippen LogP) is 4.20. The van der Waals surface area contributed by atoms with Crippen LogP contribution in [0.5, 0.6) is 0 Å². The van der Waals surface area contributed by atoms with Crippen LogP contribution in [0.2, 0.25) is 0 Å². The molecule has 2 nitrogen and oxygen atoms in total. The molecule has 3 aliphatic rings. The highest BCUT2D eigenvalue weighted by molar-refractivity contribution is 9.24. The van der Waals surface area contributed by atoms with E-state index in [1.807, 2.05) is 0 Å². The van der Waals surface area contributed by atoms with Crippen LogP contribution in [0.25, 0.3) is 0 Å². The van der Waals surface area contributed by atoms with E-state index in [0.717, 1.165) is 25.8 Å². The molecule has 0 spiro atoms. The van der Waals surface area contributed by atoms with Crippen molar-refractivity contribution >= 4 is 53.7 Å². The highest BCUT2D eigenvalue weighted by Gasteiger charge is 2.83. The first-order valence-electron chi connectivity index (χ1n) is 6.49. The number of fused-ring (bicyclic) bond motifs is 1. The van der Waals surface area contributed by atoms with Crippen molar-refractivity contribution in [2.75, 3.05) is 6.54 Å². The van der Waals surface area contributed by atoms with Crippen molar-refractivity contribution in [1.29, 1.82) is 0 Å². The smallest absolute Gasteiger partial charge is 0.227 e. The molecule has 3 rings (SSSR count). The van der Waals surface area contributed by atoms with E-state index in [-0.39, 0.29) is 30.7 Å². The summed E-state index contributed by atoms with van der Waals surface area (Å²) in [4.78, 5) is 12.8. The number of hydrogen-bond acceptors (Lipinski definition) is 1. The van der Waals surface area contributed by atoms with Gasteiger partial charge in [-0.1, -0.05) is 68.6 Å². The molecular weight excluding hydrogens is 426 g/mol. The third-order valence-electron chi connectivity index (χ3n) is 5.43. The lowest BCUT2D eigenvalue weighted by Gasteiger charge is -2.66. The van der Waals surface area contributed by atoms with E-state index in [1.165, 1.54) is 0 Å². The number of hydrogen-bond donors (Lipinski definition) is 1. The Morgan fingerprint density at radius 1 is 1.39 bits per heavy atom. The lowest BCUT2D eigenvalue weighted by atomic mass is 9.43. The van der Waals surface area contributed by atoms with E-state index in [4.69, 9.17) is 0 Å². The first kappa shape index (κ1) is 15.3. The Morgan fingerprint density at radius 2 is 2.00 bits per heavy atom. The number of nitrogens with one attached hydrogen (secondary N) is 1. The monoisotopic (exact) mass is 443 g/mol. The Kier molecular flexibility index (Phi) is 4.02. The van der Waals surface area contributed by atoms with Crippen molar-refractivity contribution in [3.05, 3.63) is 0 Å². The van der Waals surface area contributed by atoms with Gasteiger partial charge in [-0.3, -0.25) is 4.79 Å². The van der Waals surface area contributed by atoms with E-state index < -0.39 is 0 Å². The molecule has 0 aliphatic heterocycles. The zero-order valence-electron chi connectivity index (χ0n) is 11.0. The van der Waals surface area contributed by atoms with Crippen molar-refractivity contribution in [3.8, 4) is 0 Å². The maximum Gasteiger partial charge on any atom is 0.227 e. The Hall–Kier alpha value is 0.910. The maximum absolute atomic E-state index is 12.6. The van der Waals surface area contributed by atoms with Gasteiger partial charge in [0, 0.05) is 16.8 Å². The SMILES string of the molecule is CCCNC(=O)[C@@]12CC[C@@](C(Br)Br)([C@@H]1Br)C2(C)C. The summed E-state index contributed by atoms with van der Waals surface area (Å²) in [5, 5.41) is 3.10. The molecule has 0 radical (unpaired) electrons. The quantitative estimate of drug-likeness (QED) is 0.645. The van der Waals surface area contributed by atoms with Gasteiger partial charge in [-0.2, -0.15) is 0 Å². The number of alkyl halides is 3. The molecule has 1 amide bonds. The molecule has 0 unspecified atom stereocenters. The van der Waals surface area contributed by atoms with E-state index in [0.29, 0.717) is 0 Å². The number of amides is 1. The van der Waals surface area contributed by atoms with Crippen LogP contribution in [0.3, 0.4) is 0 Å². The second kappa shape index (κ2) is 4.73. The van der Waals surface area contributed by atoms with Crippen LogP contribution in [0.1, 0.15) is 40.0 Å². The van der Waals surface area contributed by atoms with Gasteiger partial charge in [-0.15, -0.1) is 0 Å². The fourth-order valence-electron chi connectivity index (χ4n) is 4.09. The van der Waals surface area contributed by atoms with Crippen LogP contribution in [-0.2, 0) is 4.79 Å². The molecule has 104 valence electrons. The summed E-state index contributed by atoms with van der Waals surface area (Å²) in [5.74, 6) is 0.227. The number of carbonyl (C=O) groups is 1. The van der Waals surface area contributed by atoms with Gasteiger partial charge in [0.05, 0.1) is 9.15 Å². The summed E-state index contributed by atoms with van der Waals surface area (Å²) < 4.78 is 0.242. The minimum Gasteiger partial charge on any atom is -0.356 e. The van der Waals surface area contributed by atoms with Gasteiger partial charge in [0.1, 0.15) is 0 Å².